The number of hydrogen-bond donors (Lipinski definition) is 1. The van der Waals surface area contributed by atoms with E-state index in [9.17, 15) is 10.1 Å². The van der Waals surface area contributed by atoms with Gasteiger partial charge < -0.3 is 5.11 Å². The molecule has 1 unspecified atom stereocenters. The maximum atomic E-state index is 9.59. The lowest BCUT2D eigenvalue weighted by molar-refractivity contribution is -0.535. The number of rotatable bonds is 4. The summed E-state index contributed by atoms with van der Waals surface area (Å²) >= 11 is 0. The van der Waals surface area contributed by atoms with Gasteiger partial charge in [0.15, 0.2) is 6.29 Å². The lowest BCUT2D eigenvalue weighted by Crippen LogP contribution is -2.15. The van der Waals surface area contributed by atoms with Crippen molar-refractivity contribution in [1.29, 1.82) is 0 Å². The summed E-state index contributed by atoms with van der Waals surface area (Å²) in [5.74, 6) is 0. The van der Waals surface area contributed by atoms with Crippen LogP contribution in [0.1, 0.15) is 13.3 Å². The maximum absolute atomic E-state index is 9.59. The minimum Gasteiger partial charge on any atom is -0.368 e. The van der Waals surface area contributed by atoms with Crippen LogP contribution in [-0.2, 0) is 4.74 Å². The summed E-state index contributed by atoms with van der Waals surface area (Å²) in [5.41, 5.74) is 0. The quantitative estimate of drug-likeness (QED) is 0.333. The zero-order valence-electron chi connectivity index (χ0n) is 5.11. The van der Waals surface area contributed by atoms with E-state index in [1.54, 1.807) is 6.92 Å². The fraction of sp³-hybridized carbons (Fsp3) is 1.00. The van der Waals surface area contributed by atoms with Gasteiger partial charge in [-0.2, -0.15) is 0 Å². The second-order valence-electron chi connectivity index (χ2n) is 1.49. The van der Waals surface area contributed by atoms with E-state index in [1.807, 2.05) is 0 Å². The van der Waals surface area contributed by atoms with E-state index >= 15 is 0 Å². The van der Waals surface area contributed by atoms with Gasteiger partial charge in [0.25, 0.3) is 0 Å². The smallest absolute Gasteiger partial charge is 0.308 e. The normalized spacial score (nSPS) is 13.1. The molecule has 5 heteroatoms. The van der Waals surface area contributed by atoms with E-state index in [2.05, 4.69) is 4.74 Å². The summed E-state index contributed by atoms with van der Waals surface area (Å²) in [5, 5.41) is 18.2. The first-order chi connectivity index (χ1) is 4.16. The molecule has 0 fully saturated rings. The van der Waals surface area contributed by atoms with Crippen LogP contribution in [-0.4, -0.2) is 23.1 Å². The average Bonchev–Trinajstić information content (AvgIpc) is 1.83. The molecule has 1 N–H and O–H groups in total. The molecule has 0 bridgehead atoms. The highest BCUT2D eigenvalue weighted by Crippen LogP contribution is 1.90. The Bertz CT molecular complexity index is 94.6. The van der Waals surface area contributed by atoms with Crippen LogP contribution in [0.2, 0.25) is 0 Å². The van der Waals surface area contributed by atoms with Crippen molar-refractivity contribution in [3.8, 4) is 0 Å². The molecule has 0 saturated carbocycles. The maximum Gasteiger partial charge on any atom is 0.308 e. The molecular formula is C4H9NO4. The molecule has 0 aliphatic rings. The van der Waals surface area contributed by atoms with Crippen LogP contribution >= 0.6 is 0 Å². The average molecular weight is 135 g/mol. The fourth-order valence-corrected chi connectivity index (χ4v) is 0.265. The SMILES string of the molecule is CCC(O)OC[N+](=O)[O-]. The minimum absolute atomic E-state index is 0.369. The molecule has 0 aliphatic carbocycles. The number of aliphatic hydroxyl groups excluding tert-OH is 1. The summed E-state index contributed by atoms with van der Waals surface area (Å²) in [6, 6.07) is 0. The Balaban J connectivity index is 3.16. The van der Waals surface area contributed by atoms with Gasteiger partial charge in [-0.05, 0) is 6.42 Å². The number of ether oxygens (including phenoxy) is 1. The number of nitrogens with zero attached hydrogens (tertiary/aromatic N) is 1. The van der Waals surface area contributed by atoms with Crippen LogP contribution in [0.15, 0.2) is 0 Å². The van der Waals surface area contributed by atoms with Gasteiger partial charge in [-0.1, -0.05) is 6.92 Å². The van der Waals surface area contributed by atoms with E-state index in [1.165, 1.54) is 0 Å². The Morgan fingerprint density at radius 3 is 2.78 bits per heavy atom. The molecule has 9 heavy (non-hydrogen) atoms. The molecule has 5 nitrogen and oxygen atoms in total. The van der Waals surface area contributed by atoms with Gasteiger partial charge >= 0.3 is 6.73 Å². The molecule has 0 aromatic heterocycles. The van der Waals surface area contributed by atoms with Crippen molar-refractivity contribution in [1.82, 2.24) is 0 Å². The first-order valence-corrected chi connectivity index (χ1v) is 2.58. The second-order valence-corrected chi connectivity index (χ2v) is 1.49. The van der Waals surface area contributed by atoms with Crippen molar-refractivity contribution in [3.63, 3.8) is 0 Å². The Labute approximate surface area is 52.4 Å². The second kappa shape index (κ2) is 4.22. The van der Waals surface area contributed by atoms with Gasteiger partial charge in [0.2, 0.25) is 0 Å². The van der Waals surface area contributed by atoms with Crippen LogP contribution in [0.25, 0.3) is 0 Å². The van der Waals surface area contributed by atoms with Crippen molar-refractivity contribution < 1.29 is 14.8 Å². The molecule has 0 aromatic rings. The molecule has 0 rings (SSSR count). The topological polar surface area (TPSA) is 72.6 Å². The van der Waals surface area contributed by atoms with Crippen LogP contribution < -0.4 is 0 Å². The summed E-state index contributed by atoms with van der Waals surface area (Å²) < 4.78 is 4.31. The predicted molar refractivity (Wildman–Crippen MR) is 29.2 cm³/mol. The highest BCUT2D eigenvalue weighted by atomic mass is 16.7. The monoisotopic (exact) mass is 135 g/mol. The molecular weight excluding hydrogens is 126 g/mol. The van der Waals surface area contributed by atoms with Crippen LogP contribution in [0.3, 0.4) is 0 Å². The van der Waals surface area contributed by atoms with Crippen molar-refractivity contribution >= 4 is 0 Å². The molecule has 0 saturated heterocycles. The van der Waals surface area contributed by atoms with Crippen LogP contribution in [0.4, 0.5) is 0 Å². The predicted octanol–water partition coefficient (Wildman–Crippen LogP) is -0.0344. The summed E-state index contributed by atoms with van der Waals surface area (Å²) in [4.78, 5) is 8.95. The molecule has 0 aromatic carbocycles. The third-order valence-corrected chi connectivity index (χ3v) is 0.722. The lowest BCUT2D eigenvalue weighted by atomic mass is 10.5. The molecule has 0 aliphatic heterocycles. The third kappa shape index (κ3) is 5.19. The van der Waals surface area contributed by atoms with Gasteiger partial charge in [0, 0.05) is 4.92 Å². The van der Waals surface area contributed by atoms with Crippen LogP contribution in [0, 0.1) is 10.1 Å². The molecule has 0 radical (unpaired) electrons. The Morgan fingerprint density at radius 2 is 2.44 bits per heavy atom. The lowest BCUT2D eigenvalue weighted by Gasteiger charge is -2.03. The van der Waals surface area contributed by atoms with E-state index in [4.69, 9.17) is 5.11 Å². The zero-order chi connectivity index (χ0) is 7.28. The first kappa shape index (κ1) is 8.32. The molecule has 0 heterocycles. The zero-order valence-corrected chi connectivity index (χ0v) is 5.11. The molecule has 1 atom stereocenters. The molecule has 54 valence electrons. The third-order valence-electron chi connectivity index (χ3n) is 0.722. The van der Waals surface area contributed by atoms with Gasteiger partial charge in [-0.15, -0.1) is 0 Å². The highest BCUT2D eigenvalue weighted by molar-refractivity contribution is 4.28. The van der Waals surface area contributed by atoms with E-state index in [-0.39, 0.29) is 0 Å². The Morgan fingerprint density at radius 1 is 1.89 bits per heavy atom. The fourth-order valence-electron chi connectivity index (χ4n) is 0.265. The first-order valence-electron chi connectivity index (χ1n) is 2.58. The summed E-state index contributed by atoms with van der Waals surface area (Å²) in [7, 11) is 0. The van der Waals surface area contributed by atoms with Gasteiger partial charge in [0.05, 0.1) is 0 Å². The van der Waals surface area contributed by atoms with Crippen molar-refractivity contribution in [2.75, 3.05) is 6.73 Å². The summed E-state index contributed by atoms with van der Waals surface area (Å²) in [6.45, 7) is 1.04. The van der Waals surface area contributed by atoms with Gasteiger partial charge in [-0.3, -0.25) is 14.9 Å². The standard InChI is InChI=1S/C4H9NO4/c1-2-4(6)9-3-5(7)8/h4,6H,2-3H2,1H3. The van der Waals surface area contributed by atoms with E-state index < -0.39 is 17.9 Å². The van der Waals surface area contributed by atoms with Crippen LogP contribution in [0.5, 0.6) is 0 Å². The highest BCUT2D eigenvalue weighted by Gasteiger charge is 2.02. The Kier molecular flexibility index (Phi) is 3.90. The van der Waals surface area contributed by atoms with Crippen molar-refractivity contribution in [2.45, 2.75) is 19.6 Å². The van der Waals surface area contributed by atoms with Gasteiger partial charge in [0.1, 0.15) is 0 Å². The van der Waals surface area contributed by atoms with Gasteiger partial charge in [-0.25, -0.2) is 0 Å². The van der Waals surface area contributed by atoms with Crippen molar-refractivity contribution in [2.24, 2.45) is 0 Å². The molecule has 0 spiro atoms. The number of nitro groups is 1. The minimum atomic E-state index is -1.00. The van der Waals surface area contributed by atoms with E-state index in [0.29, 0.717) is 6.42 Å². The largest absolute Gasteiger partial charge is 0.368 e. The Hall–Kier alpha value is -0.680. The number of hydrogen-bond acceptors (Lipinski definition) is 4. The molecule has 0 amide bonds. The number of aliphatic hydroxyl groups is 1. The van der Waals surface area contributed by atoms with Crippen molar-refractivity contribution in [3.05, 3.63) is 10.1 Å². The van der Waals surface area contributed by atoms with E-state index in [0.717, 1.165) is 0 Å². The summed E-state index contributed by atoms with van der Waals surface area (Å²) in [6.07, 6.45) is -0.635.